The Morgan fingerprint density at radius 1 is 1.20 bits per heavy atom. The van der Waals surface area contributed by atoms with Gasteiger partial charge >= 0.3 is 6.09 Å². The van der Waals surface area contributed by atoms with E-state index in [9.17, 15) is 9.18 Å². The second-order valence-corrected chi connectivity index (χ2v) is 10.1. The molecule has 3 aliphatic rings. The third-order valence-corrected chi connectivity index (χ3v) is 7.93. The molecule has 9 heteroatoms. The molecule has 0 N–H and O–H groups in total. The largest absolute Gasteiger partial charge is 0.450 e. The van der Waals surface area contributed by atoms with Gasteiger partial charge in [-0.2, -0.15) is 5.10 Å². The lowest BCUT2D eigenvalue weighted by Crippen LogP contribution is -2.58. The molecule has 35 heavy (non-hydrogen) atoms. The number of nitrogens with zero attached hydrogens (tertiary/aromatic N) is 6. The van der Waals surface area contributed by atoms with Crippen molar-refractivity contribution in [3.05, 3.63) is 48.7 Å². The van der Waals surface area contributed by atoms with Crippen LogP contribution < -0.4 is 4.90 Å². The molecule has 3 aromatic heterocycles. The van der Waals surface area contributed by atoms with Gasteiger partial charge in [0.1, 0.15) is 11.6 Å². The first kappa shape index (κ1) is 22.3. The molecular formula is C26H31FN6O2. The second-order valence-electron chi connectivity index (χ2n) is 10.1. The molecule has 0 unspecified atom stereocenters. The van der Waals surface area contributed by atoms with E-state index in [-0.39, 0.29) is 17.3 Å². The van der Waals surface area contributed by atoms with Crippen LogP contribution in [0.2, 0.25) is 0 Å². The van der Waals surface area contributed by atoms with Crippen molar-refractivity contribution < 1.29 is 13.9 Å². The maximum atomic E-state index is 14.2. The van der Waals surface area contributed by atoms with Gasteiger partial charge in [-0.25, -0.2) is 18.7 Å². The summed E-state index contributed by atoms with van der Waals surface area (Å²) in [7, 11) is 0. The predicted molar refractivity (Wildman–Crippen MR) is 131 cm³/mol. The maximum Gasteiger partial charge on any atom is 0.409 e. The normalized spacial score (nSPS) is 22.1. The van der Waals surface area contributed by atoms with Crippen LogP contribution in [0.15, 0.2) is 42.9 Å². The van der Waals surface area contributed by atoms with Gasteiger partial charge in [-0.15, -0.1) is 0 Å². The molecule has 1 spiro atoms. The van der Waals surface area contributed by atoms with Gasteiger partial charge < -0.3 is 14.5 Å². The van der Waals surface area contributed by atoms with Crippen LogP contribution in [-0.2, 0) is 4.74 Å². The maximum absolute atomic E-state index is 14.2. The number of fused-ring (bicyclic) bond motifs is 1. The molecule has 1 aliphatic carbocycles. The summed E-state index contributed by atoms with van der Waals surface area (Å²) in [6.07, 6.45) is 8.30. The summed E-state index contributed by atoms with van der Waals surface area (Å²) in [5, 5.41) is 4.26. The minimum absolute atomic E-state index is 0.176. The minimum atomic E-state index is -0.329. The lowest BCUT2D eigenvalue weighted by atomic mass is 9.78. The zero-order valence-corrected chi connectivity index (χ0v) is 20.1. The van der Waals surface area contributed by atoms with Crippen LogP contribution in [0.5, 0.6) is 0 Å². The van der Waals surface area contributed by atoms with Crippen molar-refractivity contribution >= 4 is 17.4 Å². The number of anilines is 1. The first-order chi connectivity index (χ1) is 17.0. The molecule has 0 aromatic carbocycles. The number of hydrogen-bond acceptors (Lipinski definition) is 6. The zero-order valence-electron chi connectivity index (χ0n) is 20.1. The van der Waals surface area contributed by atoms with Crippen molar-refractivity contribution in [1.82, 2.24) is 24.4 Å². The molecule has 3 aromatic rings. The highest BCUT2D eigenvalue weighted by Crippen LogP contribution is 2.47. The predicted octanol–water partition coefficient (Wildman–Crippen LogP) is 3.67. The van der Waals surface area contributed by atoms with Gasteiger partial charge in [0.15, 0.2) is 0 Å². The third kappa shape index (κ3) is 4.11. The van der Waals surface area contributed by atoms with Crippen molar-refractivity contribution in [2.24, 2.45) is 5.41 Å². The van der Waals surface area contributed by atoms with Crippen LogP contribution in [0.3, 0.4) is 0 Å². The number of likely N-dealkylation sites (tertiary alicyclic amines) is 1. The molecule has 6 rings (SSSR count). The molecule has 0 radical (unpaired) electrons. The van der Waals surface area contributed by atoms with E-state index in [0.29, 0.717) is 12.6 Å². The van der Waals surface area contributed by atoms with Crippen molar-refractivity contribution in [3.63, 3.8) is 0 Å². The summed E-state index contributed by atoms with van der Waals surface area (Å²) in [6, 6.07) is 8.08. The summed E-state index contributed by atoms with van der Waals surface area (Å²) >= 11 is 0. The van der Waals surface area contributed by atoms with Gasteiger partial charge in [0, 0.05) is 68.7 Å². The Morgan fingerprint density at radius 2 is 2.03 bits per heavy atom. The SMILES string of the molecule is CCOC(=O)N1CC2(CC[C@@H](N3CCN(c4ncc(F)cc4-c4ccn5nccc5c4)CC3)C2)C1. The van der Waals surface area contributed by atoms with Gasteiger partial charge in [-0.05, 0) is 56.0 Å². The summed E-state index contributed by atoms with van der Waals surface area (Å²) in [6.45, 7) is 7.57. The van der Waals surface area contributed by atoms with E-state index < -0.39 is 0 Å². The van der Waals surface area contributed by atoms with Crippen LogP contribution in [-0.4, -0.2) is 82.4 Å². The molecule has 184 valence electrons. The van der Waals surface area contributed by atoms with Gasteiger partial charge in [-0.3, -0.25) is 4.90 Å². The fourth-order valence-electron chi connectivity index (χ4n) is 6.17. The summed E-state index contributed by atoms with van der Waals surface area (Å²) in [5.41, 5.74) is 2.99. The topological polar surface area (TPSA) is 66.2 Å². The number of rotatable bonds is 4. The van der Waals surface area contributed by atoms with Crippen LogP contribution in [0.25, 0.3) is 16.6 Å². The average molecular weight is 479 g/mol. The van der Waals surface area contributed by atoms with Crippen LogP contribution >= 0.6 is 0 Å². The number of carbonyl (C=O) groups excluding carboxylic acids is 1. The fraction of sp³-hybridized carbons (Fsp3) is 0.500. The lowest BCUT2D eigenvalue weighted by molar-refractivity contribution is -0.00294. The minimum Gasteiger partial charge on any atom is -0.450 e. The molecule has 3 fully saturated rings. The number of pyridine rings is 2. The lowest BCUT2D eigenvalue weighted by Gasteiger charge is -2.48. The highest BCUT2D eigenvalue weighted by molar-refractivity contribution is 5.78. The number of hydrogen-bond donors (Lipinski definition) is 0. The fourth-order valence-corrected chi connectivity index (χ4v) is 6.17. The highest BCUT2D eigenvalue weighted by atomic mass is 19.1. The van der Waals surface area contributed by atoms with E-state index in [1.165, 1.54) is 19.0 Å². The Morgan fingerprint density at radius 3 is 2.83 bits per heavy atom. The van der Waals surface area contributed by atoms with E-state index in [2.05, 4.69) is 19.9 Å². The molecule has 1 saturated carbocycles. The number of halogens is 1. The van der Waals surface area contributed by atoms with E-state index in [1.54, 1.807) is 16.8 Å². The van der Waals surface area contributed by atoms with Gasteiger partial charge in [-0.1, -0.05) is 0 Å². The number of ether oxygens (including phenoxy) is 1. The third-order valence-electron chi connectivity index (χ3n) is 7.93. The molecule has 5 heterocycles. The smallest absolute Gasteiger partial charge is 0.409 e. The molecule has 8 nitrogen and oxygen atoms in total. The standard InChI is InChI=1S/C26H31FN6O2/c1-2-35-25(34)32-17-26(18-32)6-3-22(15-26)30-9-11-31(12-10-30)24-23(14-20(27)16-28-24)19-5-8-33-21(13-19)4-7-29-33/h4-5,7-8,13-14,16,22H,2-3,6,9-12,15,17-18H2,1H3/t22-/m1/s1. The van der Waals surface area contributed by atoms with Crippen molar-refractivity contribution in [2.45, 2.75) is 32.2 Å². The second kappa shape index (κ2) is 8.78. The molecule has 0 bridgehead atoms. The first-order valence-electron chi connectivity index (χ1n) is 12.5. The average Bonchev–Trinajstić information content (AvgIpc) is 3.51. The van der Waals surface area contributed by atoms with E-state index in [1.807, 2.05) is 36.2 Å². The molecule has 2 aliphatic heterocycles. The number of aromatic nitrogens is 3. The van der Waals surface area contributed by atoms with Gasteiger partial charge in [0.2, 0.25) is 0 Å². The van der Waals surface area contributed by atoms with Crippen LogP contribution in [0, 0.1) is 11.2 Å². The van der Waals surface area contributed by atoms with E-state index in [0.717, 1.165) is 68.2 Å². The molecular weight excluding hydrogens is 447 g/mol. The molecule has 1 amide bonds. The van der Waals surface area contributed by atoms with E-state index in [4.69, 9.17) is 4.74 Å². The Balaban J connectivity index is 1.11. The van der Waals surface area contributed by atoms with Crippen LogP contribution in [0.1, 0.15) is 26.2 Å². The summed E-state index contributed by atoms with van der Waals surface area (Å²) in [5.74, 6) is 0.506. The van der Waals surface area contributed by atoms with Crippen molar-refractivity contribution in [1.29, 1.82) is 0 Å². The zero-order chi connectivity index (χ0) is 24.0. The van der Waals surface area contributed by atoms with Gasteiger partial charge in [0.05, 0.1) is 18.3 Å². The number of carbonyl (C=O) groups is 1. The summed E-state index contributed by atoms with van der Waals surface area (Å²) in [4.78, 5) is 23.2. The number of amides is 1. The quantitative estimate of drug-likeness (QED) is 0.570. The Kier molecular flexibility index (Phi) is 5.59. The summed E-state index contributed by atoms with van der Waals surface area (Å²) < 4.78 is 21.2. The van der Waals surface area contributed by atoms with Crippen molar-refractivity contribution in [3.8, 4) is 11.1 Å². The van der Waals surface area contributed by atoms with Crippen molar-refractivity contribution in [2.75, 3.05) is 50.8 Å². The molecule has 2 saturated heterocycles. The van der Waals surface area contributed by atoms with E-state index >= 15 is 0 Å². The van der Waals surface area contributed by atoms with Crippen LogP contribution in [0.4, 0.5) is 15.0 Å². The Hall–Kier alpha value is -3.20. The highest BCUT2D eigenvalue weighted by Gasteiger charge is 2.51. The monoisotopic (exact) mass is 478 g/mol. The molecule has 1 atom stereocenters. The Bertz CT molecular complexity index is 1230. The first-order valence-corrected chi connectivity index (χ1v) is 12.5. The van der Waals surface area contributed by atoms with Gasteiger partial charge in [0.25, 0.3) is 0 Å². The number of piperazine rings is 1. The Labute approximate surface area is 204 Å².